The molecule has 1 amide bonds. The van der Waals surface area contributed by atoms with Crippen LogP contribution in [-0.2, 0) is 22.6 Å². The minimum absolute atomic E-state index is 0.278. The van der Waals surface area contributed by atoms with Gasteiger partial charge in [-0.3, -0.25) is 4.79 Å². The Hall–Kier alpha value is -3.61. The van der Waals surface area contributed by atoms with Crippen LogP contribution in [0.2, 0.25) is 0 Å². The zero-order valence-corrected chi connectivity index (χ0v) is 17.9. The fourth-order valence-electron chi connectivity index (χ4n) is 2.98. The van der Waals surface area contributed by atoms with Gasteiger partial charge in [-0.1, -0.05) is 41.6 Å². The number of aryl methyl sites for hydroxylation is 2. The fourth-order valence-corrected chi connectivity index (χ4v) is 2.98. The molecular formula is C24H26N2O5. The molecule has 0 fully saturated rings. The van der Waals surface area contributed by atoms with Crippen molar-refractivity contribution in [1.82, 2.24) is 10.5 Å². The zero-order valence-electron chi connectivity index (χ0n) is 17.9. The lowest BCUT2D eigenvalue weighted by atomic mass is 10.1. The third kappa shape index (κ3) is 6.18. The van der Waals surface area contributed by atoms with Crippen molar-refractivity contribution in [3.8, 4) is 5.75 Å². The Morgan fingerprint density at radius 3 is 2.58 bits per heavy atom. The smallest absolute Gasteiger partial charge is 0.339 e. The molecule has 3 aromatic rings. The average Bonchev–Trinajstić information content (AvgIpc) is 3.10. The van der Waals surface area contributed by atoms with Crippen molar-refractivity contribution >= 4 is 11.9 Å². The van der Waals surface area contributed by atoms with Gasteiger partial charge in [-0.15, -0.1) is 0 Å². The normalized spacial score (nSPS) is 11.6. The number of carbonyl (C=O) groups is 2. The topological polar surface area (TPSA) is 90.7 Å². The monoisotopic (exact) mass is 422 g/mol. The maximum Gasteiger partial charge on any atom is 0.339 e. The van der Waals surface area contributed by atoms with E-state index in [0.717, 1.165) is 16.8 Å². The van der Waals surface area contributed by atoms with Crippen LogP contribution in [0.1, 0.15) is 39.9 Å². The number of ether oxygens (including phenoxy) is 2. The number of nitrogens with zero attached hydrogens (tertiary/aromatic N) is 1. The molecule has 1 atom stereocenters. The first-order chi connectivity index (χ1) is 14.9. The Bertz CT molecular complexity index is 1010. The van der Waals surface area contributed by atoms with Gasteiger partial charge in [0.05, 0.1) is 16.8 Å². The van der Waals surface area contributed by atoms with Gasteiger partial charge in [0.2, 0.25) is 0 Å². The molecule has 0 radical (unpaired) electrons. The summed E-state index contributed by atoms with van der Waals surface area (Å²) in [7, 11) is 0. The third-order valence-electron chi connectivity index (χ3n) is 4.84. The molecule has 7 heteroatoms. The largest absolute Gasteiger partial charge is 0.489 e. The second-order valence-electron chi connectivity index (χ2n) is 7.19. The average molecular weight is 422 g/mol. The number of rotatable bonds is 9. The summed E-state index contributed by atoms with van der Waals surface area (Å²) < 4.78 is 16.2. The van der Waals surface area contributed by atoms with E-state index >= 15 is 0 Å². The predicted octanol–water partition coefficient (Wildman–Crippen LogP) is 3.77. The van der Waals surface area contributed by atoms with E-state index in [0.29, 0.717) is 30.0 Å². The standard InChI is InChI=1S/C24H26N2O5/c1-16-22(17(2)31-26-16)15-29-21-11-7-10-20(14-21)24(28)30-18(3)23(27)25-13-12-19-8-5-4-6-9-19/h4-11,14,18H,12-13,15H2,1-3H3,(H,25,27)/t18-/m0/s1. The molecule has 1 aromatic heterocycles. The highest BCUT2D eigenvalue weighted by molar-refractivity contribution is 5.92. The maximum absolute atomic E-state index is 12.5. The number of hydrogen-bond donors (Lipinski definition) is 1. The lowest BCUT2D eigenvalue weighted by molar-refractivity contribution is -0.129. The van der Waals surface area contributed by atoms with Crippen molar-refractivity contribution in [1.29, 1.82) is 0 Å². The summed E-state index contributed by atoms with van der Waals surface area (Å²) in [6.45, 7) is 5.96. The number of esters is 1. The molecule has 0 unspecified atom stereocenters. The van der Waals surface area contributed by atoms with Crippen molar-refractivity contribution in [3.05, 3.63) is 82.7 Å². The van der Waals surface area contributed by atoms with Crippen molar-refractivity contribution < 1.29 is 23.6 Å². The van der Waals surface area contributed by atoms with Crippen molar-refractivity contribution in [3.63, 3.8) is 0 Å². The van der Waals surface area contributed by atoms with E-state index < -0.39 is 12.1 Å². The van der Waals surface area contributed by atoms with Gasteiger partial charge in [-0.2, -0.15) is 0 Å². The molecule has 3 rings (SSSR count). The predicted molar refractivity (Wildman–Crippen MR) is 115 cm³/mol. The van der Waals surface area contributed by atoms with Gasteiger partial charge < -0.3 is 19.3 Å². The van der Waals surface area contributed by atoms with Crippen LogP contribution in [0.25, 0.3) is 0 Å². The van der Waals surface area contributed by atoms with Gasteiger partial charge >= 0.3 is 5.97 Å². The molecule has 0 aliphatic heterocycles. The van der Waals surface area contributed by atoms with E-state index in [1.807, 2.05) is 44.2 Å². The second kappa shape index (κ2) is 10.4. The second-order valence-corrected chi connectivity index (χ2v) is 7.19. The minimum atomic E-state index is -0.907. The molecule has 7 nitrogen and oxygen atoms in total. The minimum Gasteiger partial charge on any atom is -0.489 e. The van der Waals surface area contributed by atoms with Gasteiger partial charge in [-0.05, 0) is 51.0 Å². The summed E-state index contributed by atoms with van der Waals surface area (Å²) in [5, 5.41) is 6.68. The summed E-state index contributed by atoms with van der Waals surface area (Å²) in [6, 6.07) is 16.5. The number of aromatic nitrogens is 1. The van der Waals surface area contributed by atoms with Crippen molar-refractivity contribution in [2.75, 3.05) is 6.54 Å². The van der Waals surface area contributed by atoms with Crippen LogP contribution in [0.5, 0.6) is 5.75 Å². The summed E-state index contributed by atoms with van der Waals surface area (Å²) in [4.78, 5) is 24.7. The number of amides is 1. The van der Waals surface area contributed by atoms with Gasteiger partial charge in [0, 0.05) is 6.54 Å². The molecule has 1 heterocycles. The quantitative estimate of drug-likeness (QED) is 0.528. The van der Waals surface area contributed by atoms with Crippen LogP contribution in [0.3, 0.4) is 0 Å². The van der Waals surface area contributed by atoms with Gasteiger partial charge in [0.1, 0.15) is 18.1 Å². The Morgan fingerprint density at radius 1 is 1.10 bits per heavy atom. The Balaban J connectivity index is 1.50. The van der Waals surface area contributed by atoms with Gasteiger partial charge in [-0.25, -0.2) is 4.79 Å². The van der Waals surface area contributed by atoms with Crippen LogP contribution < -0.4 is 10.1 Å². The third-order valence-corrected chi connectivity index (χ3v) is 4.84. The molecule has 0 aliphatic rings. The van der Waals surface area contributed by atoms with Crippen molar-refractivity contribution in [2.24, 2.45) is 0 Å². The molecule has 31 heavy (non-hydrogen) atoms. The maximum atomic E-state index is 12.5. The summed E-state index contributed by atoms with van der Waals surface area (Å²) in [5.74, 6) is 0.276. The Morgan fingerprint density at radius 2 is 1.87 bits per heavy atom. The van der Waals surface area contributed by atoms with Gasteiger partial charge in [0.15, 0.2) is 6.10 Å². The first-order valence-electron chi connectivity index (χ1n) is 10.1. The highest BCUT2D eigenvalue weighted by atomic mass is 16.5. The molecule has 0 aliphatic carbocycles. The molecule has 0 spiro atoms. The number of carbonyl (C=O) groups excluding carboxylic acids is 2. The van der Waals surface area contributed by atoms with E-state index in [9.17, 15) is 9.59 Å². The molecule has 2 aromatic carbocycles. The van der Waals surface area contributed by atoms with E-state index in [2.05, 4.69) is 10.5 Å². The summed E-state index contributed by atoms with van der Waals surface area (Å²) in [6.07, 6.45) is -0.201. The van der Waals surface area contributed by atoms with Crippen molar-refractivity contribution in [2.45, 2.75) is 39.9 Å². The van der Waals surface area contributed by atoms with E-state index in [1.165, 1.54) is 0 Å². The van der Waals surface area contributed by atoms with Crippen LogP contribution in [0.4, 0.5) is 0 Å². The lowest BCUT2D eigenvalue weighted by Gasteiger charge is -2.14. The van der Waals surface area contributed by atoms with E-state index in [1.54, 1.807) is 31.2 Å². The number of benzene rings is 2. The highest BCUT2D eigenvalue weighted by Crippen LogP contribution is 2.19. The number of hydrogen-bond acceptors (Lipinski definition) is 6. The molecule has 0 bridgehead atoms. The summed E-state index contributed by atoms with van der Waals surface area (Å²) >= 11 is 0. The van der Waals surface area contributed by atoms with Crippen LogP contribution in [0, 0.1) is 13.8 Å². The highest BCUT2D eigenvalue weighted by Gasteiger charge is 2.19. The van der Waals surface area contributed by atoms with E-state index in [-0.39, 0.29) is 12.5 Å². The van der Waals surface area contributed by atoms with Crippen LogP contribution >= 0.6 is 0 Å². The molecule has 162 valence electrons. The number of nitrogens with one attached hydrogen (secondary N) is 1. The molecular weight excluding hydrogens is 396 g/mol. The van der Waals surface area contributed by atoms with Crippen LogP contribution in [-0.4, -0.2) is 29.7 Å². The van der Waals surface area contributed by atoms with E-state index in [4.69, 9.17) is 14.0 Å². The summed E-state index contributed by atoms with van der Waals surface area (Å²) in [5.41, 5.74) is 3.06. The molecule has 0 saturated carbocycles. The Labute approximate surface area is 181 Å². The molecule has 1 N–H and O–H groups in total. The zero-order chi connectivity index (χ0) is 22.2. The fraction of sp³-hybridized carbons (Fsp3) is 0.292. The first kappa shape index (κ1) is 22.1. The molecule has 0 saturated heterocycles. The van der Waals surface area contributed by atoms with Crippen LogP contribution in [0.15, 0.2) is 59.1 Å². The van der Waals surface area contributed by atoms with Gasteiger partial charge in [0.25, 0.3) is 5.91 Å². The Kier molecular flexibility index (Phi) is 7.43. The first-order valence-corrected chi connectivity index (χ1v) is 10.1. The lowest BCUT2D eigenvalue weighted by Crippen LogP contribution is -2.36. The SMILES string of the molecule is Cc1noc(C)c1COc1cccc(C(=O)O[C@@H](C)C(=O)NCCc2ccccc2)c1.